The van der Waals surface area contributed by atoms with Gasteiger partial charge in [0.05, 0.1) is 38.1 Å². The van der Waals surface area contributed by atoms with Crippen molar-refractivity contribution in [3.63, 3.8) is 0 Å². The Hall–Kier alpha value is -2.64. The zero-order valence-corrected chi connectivity index (χ0v) is 33.0. The van der Waals surface area contributed by atoms with Gasteiger partial charge in [0.15, 0.2) is 6.54 Å². The summed E-state index contributed by atoms with van der Waals surface area (Å²) in [5.74, 6) is -3.21. The fraction of sp³-hybridized carbons (Fsp3) is 0.514. The quantitative estimate of drug-likeness (QED) is 0.0676. The number of rotatable bonds is 14. The fourth-order valence-electron chi connectivity index (χ4n) is 6.63. The third-order valence-corrected chi connectivity index (χ3v) is 9.36. The van der Waals surface area contributed by atoms with Gasteiger partial charge in [-0.15, -0.1) is 0 Å². The number of likely N-dealkylation sites (N-methyl/N-ethyl adjacent to an activating group) is 2. The predicted octanol–water partition coefficient (Wildman–Crippen LogP) is -2.04. The second kappa shape index (κ2) is 21.4. The fourth-order valence-corrected chi connectivity index (χ4v) is 6.63. The van der Waals surface area contributed by atoms with Crippen molar-refractivity contribution in [1.29, 1.82) is 0 Å². The standard InChI is InChI=1S/C35H50BN7O9.Eu/c1-37(2)10-19-43-30-9-8-26(20-29(30)27-6-4-5-7-28(27)35(43)36(51)52)21-38(3)31(44)22-39-11-13-40(23-32(45)46)15-17-42(25-34(49)50)18-16-41(14-12-39)24-33(47)48;/h4-9,20,51-52H,10-19,21-25H2,1-3H3,(H2-,45,46,47,48,49,50);/p+1. The van der Waals surface area contributed by atoms with Gasteiger partial charge in [0.25, 0.3) is 0 Å². The molecule has 2 aromatic carbocycles. The van der Waals surface area contributed by atoms with Crippen LogP contribution in [0.15, 0.2) is 42.5 Å². The van der Waals surface area contributed by atoms with Gasteiger partial charge in [-0.3, -0.25) is 38.8 Å². The number of carbonyl (C=O) groups excluding carboxylic acids is 1. The van der Waals surface area contributed by atoms with E-state index in [9.17, 15) is 44.5 Å². The minimum atomic E-state index is -1.68. The van der Waals surface area contributed by atoms with E-state index in [0.29, 0.717) is 77.6 Å². The topological polar surface area (TPSA) is 193 Å². The molecular formula is C35H51BEuN7O9+. The number of carbonyl (C=O) groups is 4. The summed E-state index contributed by atoms with van der Waals surface area (Å²) in [4.78, 5) is 59.1. The number of fused-ring (bicyclic) bond motifs is 3. The number of benzene rings is 2. The van der Waals surface area contributed by atoms with Gasteiger partial charge >= 0.3 is 25.0 Å². The van der Waals surface area contributed by atoms with Crippen LogP contribution in [0.5, 0.6) is 0 Å². The number of hydrogen-bond acceptors (Lipinski definition) is 11. The number of aromatic nitrogens is 1. The van der Waals surface area contributed by atoms with Crippen LogP contribution in [0.1, 0.15) is 5.56 Å². The Morgan fingerprint density at radius 1 is 0.679 bits per heavy atom. The van der Waals surface area contributed by atoms with Crippen LogP contribution in [0, 0.1) is 49.4 Å². The van der Waals surface area contributed by atoms with E-state index in [4.69, 9.17) is 0 Å². The molecule has 4 rings (SSSR count). The molecule has 0 spiro atoms. The van der Waals surface area contributed by atoms with Crippen LogP contribution < -0.4 is 10.2 Å². The summed E-state index contributed by atoms with van der Waals surface area (Å²) in [6.45, 7) is 3.33. The van der Waals surface area contributed by atoms with Crippen molar-refractivity contribution in [1.82, 2.24) is 29.4 Å². The monoisotopic (exact) mass is 877 g/mol. The van der Waals surface area contributed by atoms with Crippen LogP contribution >= 0.6 is 0 Å². The SMILES string of the molecule is CN(C)CC[n+]1c(B(O)O)c2ccccc2c2cc(CN(C)C(=O)CN3CCN(CC(=O)O)CCN(CC(=O)O)CCN(CC(=O)O)CC3)ccc21.[Eu]. The van der Waals surface area contributed by atoms with E-state index >= 15 is 0 Å². The molecule has 1 aliphatic rings. The molecule has 1 saturated heterocycles. The van der Waals surface area contributed by atoms with Crippen LogP contribution in [0.2, 0.25) is 0 Å². The van der Waals surface area contributed by atoms with Gasteiger partial charge in [-0.2, -0.15) is 4.57 Å². The molecule has 5 N–H and O–H groups in total. The van der Waals surface area contributed by atoms with Crippen LogP contribution in [0.25, 0.3) is 21.7 Å². The summed E-state index contributed by atoms with van der Waals surface area (Å²) in [5, 5.41) is 51.8. The molecule has 1 fully saturated rings. The van der Waals surface area contributed by atoms with Gasteiger partial charge in [0, 0.05) is 132 Å². The molecule has 1 amide bonds. The van der Waals surface area contributed by atoms with Crippen LogP contribution in [0.4, 0.5) is 0 Å². The average Bonchev–Trinajstić information content (AvgIpc) is 3.07. The summed E-state index contributed by atoms with van der Waals surface area (Å²) >= 11 is 0. The van der Waals surface area contributed by atoms with Crippen molar-refractivity contribution in [3.05, 3.63) is 48.0 Å². The summed E-state index contributed by atoms with van der Waals surface area (Å²) in [6.07, 6.45) is 0. The first kappa shape index (κ1) is 44.8. The van der Waals surface area contributed by atoms with Crippen molar-refractivity contribution >= 4 is 58.2 Å². The van der Waals surface area contributed by atoms with Crippen molar-refractivity contribution < 1.29 is 98.5 Å². The molecule has 0 unspecified atom stereocenters. The molecule has 2 heterocycles. The molecule has 0 aliphatic carbocycles. The molecule has 289 valence electrons. The van der Waals surface area contributed by atoms with Gasteiger partial charge in [-0.1, -0.05) is 24.3 Å². The Balaban J connectivity index is 0.00000756. The van der Waals surface area contributed by atoms with Crippen molar-refractivity contribution in [2.45, 2.75) is 13.1 Å². The third-order valence-electron chi connectivity index (χ3n) is 9.36. The van der Waals surface area contributed by atoms with Crippen LogP contribution in [0.3, 0.4) is 0 Å². The van der Waals surface area contributed by atoms with Gasteiger partial charge in [-0.05, 0) is 31.8 Å². The van der Waals surface area contributed by atoms with Gasteiger partial charge in [0.2, 0.25) is 17.0 Å². The average molecular weight is 877 g/mol. The maximum atomic E-state index is 13.7. The van der Waals surface area contributed by atoms with E-state index in [2.05, 4.69) is 0 Å². The third kappa shape index (κ3) is 13.6. The smallest absolute Gasteiger partial charge is 0.480 e. The molecule has 16 nitrogen and oxygen atoms in total. The number of pyridine rings is 1. The van der Waals surface area contributed by atoms with Gasteiger partial charge < -0.3 is 35.2 Å². The van der Waals surface area contributed by atoms with Gasteiger partial charge in [-0.25, -0.2) is 0 Å². The Morgan fingerprint density at radius 3 is 1.57 bits per heavy atom. The minimum Gasteiger partial charge on any atom is -0.480 e. The van der Waals surface area contributed by atoms with Crippen LogP contribution in [-0.2, 0) is 32.3 Å². The van der Waals surface area contributed by atoms with E-state index in [0.717, 1.165) is 27.2 Å². The van der Waals surface area contributed by atoms with E-state index in [1.54, 1.807) is 26.6 Å². The van der Waals surface area contributed by atoms with E-state index in [1.807, 2.05) is 70.9 Å². The Bertz CT molecular complexity index is 1700. The molecule has 0 saturated carbocycles. The molecule has 0 atom stereocenters. The Kier molecular flexibility index (Phi) is 18.1. The maximum absolute atomic E-state index is 13.7. The number of carboxylic acid groups (broad SMARTS) is 3. The first-order valence-corrected chi connectivity index (χ1v) is 17.4. The van der Waals surface area contributed by atoms with Crippen molar-refractivity contribution in [2.24, 2.45) is 0 Å². The van der Waals surface area contributed by atoms with Crippen molar-refractivity contribution in [3.8, 4) is 0 Å². The Labute approximate surface area is 350 Å². The van der Waals surface area contributed by atoms with E-state index < -0.39 is 25.0 Å². The second-order valence-corrected chi connectivity index (χ2v) is 13.6. The first-order valence-electron chi connectivity index (χ1n) is 17.4. The molecule has 1 aliphatic heterocycles. The van der Waals surface area contributed by atoms with E-state index in [1.165, 1.54) is 0 Å². The number of aliphatic carboxylic acids is 3. The summed E-state index contributed by atoms with van der Waals surface area (Å²) in [6, 6.07) is 13.5. The van der Waals surface area contributed by atoms with Gasteiger partial charge in [0.1, 0.15) is 0 Å². The first-order chi connectivity index (χ1) is 24.7. The zero-order chi connectivity index (χ0) is 37.9. The maximum Gasteiger partial charge on any atom is 0.561 e. The predicted molar refractivity (Wildman–Crippen MR) is 195 cm³/mol. The number of nitrogens with zero attached hydrogens (tertiary/aromatic N) is 7. The van der Waals surface area contributed by atoms with Crippen LogP contribution in [-0.4, -0.2) is 192 Å². The summed E-state index contributed by atoms with van der Waals surface area (Å²) in [7, 11) is 3.95. The molecule has 3 aromatic rings. The number of carboxylic acids is 3. The second-order valence-electron chi connectivity index (χ2n) is 13.6. The summed E-state index contributed by atoms with van der Waals surface area (Å²) < 4.78 is 1.93. The molecule has 0 bridgehead atoms. The molecular weight excluding hydrogens is 825 g/mol. The normalized spacial score (nSPS) is 15.8. The molecule has 53 heavy (non-hydrogen) atoms. The largest absolute Gasteiger partial charge is 0.561 e. The zero-order valence-electron chi connectivity index (χ0n) is 30.6. The number of hydrogen-bond donors (Lipinski definition) is 5. The minimum absolute atomic E-state index is 0. The molecule has 1 aromatic heterocycles. The Morgan fingerprint density at radius 2 is 1.13 bits per heavy atom. The summed E-state index contributed by atoms with van der Waals surface area (Å²) in [5.41, 5.74) is 2.13. The molecule has 1 radical (unpaired) electrons. The van der Waals surface area contributed by atoms with Crippen molar-refractivity contribution in [2.75, 3.05) is 106 Å². The molecule has 18 heteroatoms. The van der Waals surface area contributed by atoms with E-state index in [-0.39, 0.29) is 81.5 Å². The number of amides is 1.